The van der Waals surface area contributed by atoms with E-state index in [0.717, 1.165) is 17.4 Å². The molecule has 1 aromatic carbocycles. The Balaban J connectivity index is 1.73. The third-order valence-electron chi connectivity index (χ3n) is 4.25. The van der Waals surface area contributed by atoms with Gasteiger partial charge in [0.2, 0.25) is 0 Å². The molecule has 3 rings (SSSR count). The minimum Gasteiger partial charge on any atom is -0.481 e. The van der Waals surface area contributed by atoms with Gasteiger partial charge in [-0.25, -0.2) is 0 Å². The van der Waals surface area contributed by atoms with Crippen LogP contribution in [0.25, 0.3) is 11.0 Å². The zero-order valence-corrected chi connectivity index (χ0v) is 11.8. The summed E-state index contributed by atoms with van der Waals surface area (Å²) in [4.78, 5) is 23.4. The smallest absolute Gasteiger partial charge is 0.311 e. The number of carboxylic acid groups (broad SMARTS) is 1. The number of benzene rings is 1. The molecule has 5 nitrogen and oxygen atoms in total. The van der Waals surface area contributed by atoms with E-state index in [1.807, 2.05) is 25.1 Å². The minimum atomic E-state index is -0.839. The van der Waals surface area contributed by atoms with E-state index >= 15 is 0 Å². The van der Waals surface area contributed by atoms with Crippen molar-refractivity contribution in [2.24, 2.45) is 5.41 Å². The highest BCUT2D eigenvalue weighted by Crippen LogP contribution is 2.40. The van der Waals surface area contributed by atoms with Crippen molar-refractivity contribution >= 4 is 22.8 Å². The lowest BCUT2D eigenvalue weighted by molar-refractivity contribution is -0.153. The zero-order valence-electron chi connectivity index (χ0n) is 11.8. The Morgan fingerprint density at radius 1 is 1.33 bits per heavy atom. The first-order chi connectivity index (χ1) is 10.00. The second kappa shape index (κ2) is 4.91. The van der Waals surface area contributed by atoms with Gasteiger partial charge in [0, 0.05) is 11.9 Å². The van der Waals surface area contributed by atoms with E-state index < -0.39 is 11.4 Å². The van der Waals surface area contributed by atoms with Gasteiger partial charge in [-0.15, -0.1) is 0 Å². The molecule has 0 aliphatic heterocycles. The van der Waals surface area contributed by atoms with Crippen molar-refractivity contribution in [2.45, 2.75) is 26.2 Å². The number of carboxylic acids is 1. The number of hydrogen-bond donors (Lipinski definition) is 2. The van der Waals surface area contributed by atoms with Crippen LogP contribution < -0.4 is 5.32 Å². The summed E-state index contributed by atoms with van der Waals surface area (Å²) >= 11 is 0. The zero-order chi connectivity index (χ0) is 15.0. The Bertz CT molecular complexity index is 712. The van der Waals surface area contributed by atoms with E-state index in [9.17, 15) is 14.7 Å². The summed E-state index contributed by atoms with van der Waals surface area (Å²) in [6.45, 7) is 2.12. The first-order valence-corrected chi connectivity index (χ1v) is 7.02. The van der Waals surface area contributed by atoms with Crippen LogP contribution >= 0.6 is 0 Å². The van der Waals surface area contributed by atoms with Gasteiger partial charge in [0.15, 0.2) is 5.76 Å². The predicted molar refractivity (Wildman–Crippen MR) is 77.2 cm³/mol. The fraction of sp³-hybridized carbons (Fsp3) is 0.375. The topological polar surface area (TPSA) is 79.5 Å². The molecule has 0 spiro atoms. The van der Waals surface area contributed by atoms with Gasteiger partial charge < -0.3 is 14.8 Å². The average molecular weight is 287 g/mol. The molecule has 0 unspecified atom stereocenters. The van der Waals surface area contributed by atoms with Crippen LogP contribution in [0.4, 0.5) is 0 Å². The molecule has 1 saturated carbocycles. The van der Waals surface area contributed by atoms with E-state index in [1.165, 1.54) is 0 Å². The normalized spacial score (nSPS) is 16.4. The summed E-state index contributed by atoms with van der Waals surface area (Å²) in [7, 11) is 0. The lowest BCUT2D eigenvalue weighted by atomic mass is 9.69. The van der Waals surface area contributed by atoms with Gasteiger partial charge in [0.1, 0.15) is 5.58 Å². The molecular formula is C16H17NO4. The van der Waals surface area contributed by atoms with Crippen LogP contribution in [0.2, 0.25) is 0 Å². The highest BCUT2D eigenvalue weighted by atomic mass is 16.4. The molecule has 0 radical (unpaired) electrons. The second-order valence-electron chi connectivity index (χ2n) is 5.77. The Kier molecular flexibility index (Phi) is 3.20. The van der Waals surface area contributed by atoms with Crippen molar-refractivity contribution in [3.8, 4) is 0 Å². The van der Waals surface area contributed by atoms with E-state index in [2.05, 4.69) is 5.32 Å². The Morgan fingerprint density at radius 3 is 2.71 bits per heavy atom. The van der Waals surface area contributed by atoms with E-state index in [-0.39, 0.29) is 18.2 Å². The summed E-state index contributed by atoms with van der Waals surface area (Å²) in [5.74, 6) is -0.985. The number of carbonyl (C=O) groups is 2. The molecule has 2 N–H and O–H groups in total. The molecule has 1 amide bonds. The maximum atomic E-state index is 12.1. The molecule has 110 valence electrons. The number of hydrogen-bond acceptors (Lipinski definition) is 3. The second-order valence-corrected chi connectivity index (χ2v) is 5.77. The number of amides is 1. The quantitative estimate of drug-likeness (QED) is 0.906. The minimum absolute atomic E-state index is 0.150. The van der Waals surface area contributed by atoms with Crippen molar-refractivity contribution in [3.63, 3.8) is 0 Å². The van der Waals surface area contributed by atoms with Crippen molar-refractivity contribution in [2.75, 3.05) is 6.54 Å². The highest BCUT2D eigenvalue weighted by Gasteiger charge is 2.44. The SMILES string of the molecule is Cc1ccc2oc(C(=O)NCC3(C(=O)O)CCC3)cc2c1. The lowest BCUT2D eigenvalue weighted by Gasteiger charge is -2.37. The Morgan fingerprint density at radius 2 is 2.10 bits per heavy atom. The van der Waals surface area contributed by atoms with E-state index in [1.54, 1.807) is 6.07 Å². The van der Waals surface area contributed by atoms with Crippen LogP contribution in [0.5, 0.6) is 0 Å². The molecule has 0 bridgehead atoms. The Labute approximate surface area is 121 Å². The monoisotopic (exact) mass is 287 g/mol. The fourth-order valence-electron chi connectivity index (χ4n) is 2.68. The lowest BCUT2D eigenvalue weighted by Crippen LogP contribution is -2.47. The molecule has 1 aliphatic rings. The summed E-state index contributed by atoms with van der Waals surface area (Å²) in [5.41, 5.74) is 0.954. The van der Waals surface area contributed by atoms with Gasteiger partial charge in [0.25, 0.3) is 5.91 Å². The van der Waals surface area contributed by atoms with Gasteiger partial charge >= 0.3 is 5.97 Å². The molecule has 2 aromatic rings. The first-order valence-electron chi connectivity index (χ1n) is 7.02. The maximum absolute atomic E-state index is 12.1. The summed E-state index contributed by atoms with van der Waals surface area (Å²) < 4.78 is 5.50. The Hall–Kier alpha value is -2.30. The number of furan rings is 1. The van der Waals surface area contributed by atoms with E-state index in [0.29, 0.717) is 18.4 Å². The molecule has 0 atom stereocenters. The van der Waals surface area contributed by atoms with Crippen molar-refractivity contribution in [1.82, 2.24) is 5.32 Å². The fourth-order valence-corrected chi connectivity index (χ4v) is 2.68. The third-order valence-corrected chi connectivity index (χ3v) is 4.25. The summed E-state index contributed by atoms with van der Waals surface area (Å²) in [5, 5.41) is 12.8. The molecular weight excluding hydrogens is 270 g/mol. The van der Waals surface area contributed by atoms with Crippen LogP contribution in [-0.2, 0) is 4.79 Å². The van der Waals surface area contributed by atoms with Crippen molar-refractivity contribution < 1.29 is 19.1 Å². The van der Waals surface area contributed by atoms with E-state index in [4.69, 9.17) is 4.42 Å². The highest BCUT2D eigenvalue weighted by molar-refractivity contribution is 5.96. The van der Waals surface area contributed by atoms with Gasteiger partial charge in [-0.2, -0.15) is 0 Å². The predicted octanol–water partition coefficient (Wildman–Crippen LogP) is 2.73. The van der Waals surface area contributed by atoms with Crippen molar-refractivity contribution in [1.29, 1.82) is 0 Å². The number of aryl methyl sites for hydroxylation is 1. The molecule has 1 aromatic heterocycles. The third kappa shape index (κ3) is 2.39. The number of carbonyl (C=O) groups excluding carboxylic acids is 1. The van der Waals surface area contributed by atoms with Gasteiger partial charge in [-0.1, -0.05) is 18.1 Å². The van der Waals surface area contributed by atoms with Crippen LogP contribution in [0.1, 0.15) is 35.4 Å². The molecule has 0 saturated heterocycles. The standard InChI is InChI=1S/C16H17NO4/c1-10-3-4-12-11(7-10)8-13(21-12)14(18)17-9-16(15(19)20)5-2-6-16/h3-4,7-8H,2,5-6,9H2,1H3,(H,17,18)(H,19,20). The van der Waals surface area contributed by atoms with Crippen LogP contribution in [-0.4, -0.2) is 23.5 Å². The number of aliphatic carboxylic acids is 1. The van der Waals surface area contributed by atoms with Gasteiger partial charge in [0.05, 0.1) is 5.41 Å². The first kappa shape index (κ1) is 13.7. The van der Waals surface area contributed by atoms with Crippen LogP contribution in [0.15, 0.2) is 28.7 Å². The van der Waals surface area contributed by atoms with Gasteiger partial charge in [-0.05, 0) is 38.0 Å². The number of nitrogens with one attached hydrogen (secondary N) is 1. The summed E-state index contributed by atoms with van der Waals surface area (Å²) in [6, 6.07) is 7.37. The average Bonchev–Trinajstić information content (AvgIpc) is 2.79. The molecule has 5 heteroatoms. The molecule has 21 heavy (non-hydrogen) atoms. The molecule has 1 heterocycles. The summed E-state index contributed by atoms with van der Waals surface area (Å²) in [6.07, 6.45) is 2.12. The maximum Gasteiger partial charge on any atom is 0.311 e. The molecule has 1 aliphatic carbocycles. The van der Waals surface area contributed by atoms with Crippen LogP contribution in [0, 0.1) is 12.3 Å². The van der Waals surface area contributed by atoms with Crippen molar-refractivity contribution in [3.05, 3.63) is 35.6 Å². The molecule has 1 fully saturated rings. The number of rotatable bonds is 4. The van der Waals surface area contributed by atoms with Gasteiger partial charge in [-0.3, -0.25) is 9.59 Å². The van der Waals surface area contributed by atoms with Crippen LogP contribution in [0.3, 0.4) is 0 Å². The largest absolute Gasteiger partial charge is 0.481 e. The number of fused-ring (bicyclic) bond motifs is 1.